The molecule has 3 heterocycles. The number of aromatic nitrogens is 2. The average molecular weight is 518 g/mol. The van der Waals surface area contributed by atoms with Crippen molar-refractivity contribution in [2.75, 3.05) is 13.2 Å². The molecule has 0 aliphatic rings. The van der Waals surface area contributed by atoms with Crippen molar-refractivity contribution in [3.05, 3.63) is 76.4 Å². The quantitative estimate of drug-likeness (QED) is 0.259. The second-order valence-electron chi connectivity index (χ2n) is 7.78. The molecular weight excluding hydrogens is 494 g/mol. The van der Waals surface area contributed by atoms with E-state index < -0.39 is 11.9 Å². The molecule has 0 saturated heterocycles. The molecule has 0 N–H and O–H groups in total. The van der Waals surface area contributed by atoms with Crippen LogP contribution in [0.5, 0.6) is 5.75 Å². The van der Waals surface area contributed by atoms with Gasteiger partial charge in [-0.05, 0) is 49.6 Å². The maximum Gasteiger partial charge on any atom is 0.326 e. The van der Waals surface area contributed by atoms with E-state index in [-0.39, 0.29) is 13.2 Å². The number of carbonyl (C=O) groups excluding carboxylic acids is 2. The highest BCUT2D eigenvalue weighted by atomic mass is 32.1. The SMILES string of the molecule is CCOC(=O)Cn1c(=NC(=O)c2cc(-c3cccs3)nc3ccccc23)sc2cccc(OCC)c21. The molecule has 0 atom stereocenters. The van der Waals surface area contributed by atoms with Gasteiger partial charge in [-0.25, -0.2) is 4.98 Å². The number of hydrogen-bond acceptors (Lipinski definition) is 7. The summed E-state index contributed by atoms with van der Waals surface area (Å²) in [6.45, 7) is 4.30. The number of ether oxygens (including phenoxy) is 2. The van der Waals surface area contributed by atoms with Gasteiger partial charge in [-0.15, -0.1) is 11.3 Å². The second kappa shape index (κ2) is 10.4. The van der Waals surface area contributed by atoms with Crippen LogP contribution in [0.1, 0.15) is 24.2 Å². The molecular formula is C27H23N3O4S2. The van der Waals surface area contributed by atoms with Crippen molar-refractivity contribution in [2.24, 2.45) is 4.99 Å². The Kier molecular flexibility index (Phi) is 6.92. The first-order valence-corrected chi connectivity index (χ1v) is 13.2. The third-order valence-electron chi connectivity index (χ3n) is 5.47. The zero-order valence-electron chi connectivity index (χ0n) is 19.8. The van der Waals surface area contributed by atoms with E-state index in [1.165, 1.54) is 11.3 Å². The zero-order valence-corrected chi connectivity index (χ0v) is 21.4. The van der Waals surface area contributed by atoms with Crippen molar-refractivity contribution in [3.63, 3.8) is 0 Å². The van der Waals surface area contributed by atoms with Gasteiger partial charge in [0.25, 0.3) is 5.91 Å². The first-order chi connectivity index (χ1) is 17.6. The number of thiazole rings is 1. The summed E-state index contributed by atoms with van der Waals surface area (Å²) < 4.78 is 13.6. The zero-order chi connectivity index (χ0) is 25.1. The van der Waals surface area contributed by atoms with Gasteiger partial charge in [0.1, 0.15) is 17.8 Å². The highest BCUT2D eigenvalue weighted by molar-refractivity contribution is 7.16. The van der Waals surface area contributed by atoms with Crippen LogP contribution in [-0.2, 0) is 16.1 Å². The highest BCUT2D eigenvalue weighted by Crippen LogP contribution is 2.30. The summed E-state index contributed by atoms with van der Waals surface area (Å²) in [5.41, 5.74) is 2.60. The molecule has 7 nitrogen and oxygen atoms in total. The van der Waals surface area contributed by atoms with Gasteiger partial charge < -0.3 is 14.0 Å². The number of nitrogens with zero attached hydrogens (tertiary/aromatic N) is 3. The number of carbonyl (C=O) groups is 2. The van der Waals surface area contributed by atoms with Crippen LogP contribution in [0.2, 0.25) is 0 Å². The van der Waals surface area contributed by atoms with Crippen LogP contribution in [-0.4, -0.2) is 34.6 Å². The largest absolute Gasteiger partial charge is 0.492 e. The van der Waals surface area contributed by atoms with E-state index in [4.69, 9.17) is 14.5 Å². The van der Waals surface area contributed by atoms with Crippen LogP contribution in [0.25, 0.3) is 31.7 Å². The molecule has 3 aromatic heterocycles. The number of rotatable bonds is 7. The third kappa shape index (κ3) is 4.67. The number of amides is 1. The Morgan fingerprint density at radius 3 is 2.67 bits per heavy atom. The van der Waals surface area contributed by atoms with Gasteiger partial charge in [-0.1, -0.05) is 41.7 Å². The molecule has 5 aromatic rings. The number of esters is 1. The third-order valence-corrected chi connectivity index (χ3v) is 7.41. The Labute approximate surface area is 215 Å². The molecule has 0 bridgehead atoms. The van der Waals surface area contributed by atoms with Gasteiger partial charge in [0.05, 0.1) is 39.6 Å². The van der Waals surface area contributed by atoms with Crippen LogP contribution < -0.4 is 9.54 Å². The second-order valence-corrected chi connectivity index (χ2v) is 9.73. The van der Waals surface area contributed by atoms with Gasteiger partial charge >= 0.3 is 5.97 Å². The predicted molar refractivity (Wildman–Crippen MR) is 143 cm³/mol. The number of thiophene rings is 1. The van der Waals surface area contributed by atoms with Crippen LogP contribution in [0.3, 0.4) is 0 Å². The molecule has 0 radical (unpaired) electrons. The fraction of sp³-hybridized carbons (Fsp3) is 0.185. The number of fused-ring (bicyclic) bond motifs is 2. The fourth-order valence-corrected chi connectivity index (χ4v) is 5.72. The normalized spacial score (nSPS) is 11.8. The van der Waals surface area contributed by atoms with E-state index in [0.717, 1.165) is 26.2 Å². The monoisotopic (exact) mass is 517 g/mol. The number of pyridine rings is 1. The molecule has 1 amide bonds. The number of benzene rings is 2. The molecule has 5 rings (SSSR count). The van der Waals surface area contributed by atoms with Crippen molar-refractivity contribution < 1.29 is 19.1 Å². The maximum absolute atomic E-state index is 13.7. The fourth-order valence-electron chi connectivity index (χ4n) is 3.99. The number of para-hydroxylation sites is 2. The Morgan fingerprint density at radius 2 is 1.89 bits per heavy atom. The molecule has 0 aliphatic carbocycles. The lowest BCUT2D eigenvalue weighted by Gasteiger charge is -2.09. The molecule has 182 valence electrons. The Balaban J connectivity index is 1.70. The summed E-state index contributed by atoms with van der Waals surface area (Å²) in [5, 5.41) is 2.70. The van der Waals surface area contributed by atoms with Crippen LogP contribution in [0.4, 0.5) is 0 Å². The standard InChI is InChI=1S/C27H23N3O4S2/c1-3-33-21-11-7-12-23-25(21)30(16-24(31)34-4-2)27(36-23)29-26(32)18-15-20(22-13-8-14-35-22)28-19-10-6-5-9-17(18)19/h5-15H,3-4,16H2,1-2H3. The van der Waals surface area contributed by atoms with Gasteiger partial charge in [0.15, 0.2) is 4.80 Å². The molecule has 0 unspecified atom stereocenters. The van der Waals surface area contributed by atoms with Crippen molar-refractivity contribution in [1.29, 1.82) is 0 Å². The highest BCUT2D eigenvalue weighted by Gasteiger charge is 2.18. The first kappa shape index (κ1) is 23.9. The van der Waals surface area contributed by atoms with E-state index in [9.17, 15) is 9.59 Å². The molecule has 0 fully saturated rings. The maximum atomic E-state index is 13.7. The molecule has 2 aromatic carbocycles. The summed E-state index contributed by atoms with van der Waals surface area (Å²) in [6, 6.07) is 18.9. The van der Waals surface area contributed by atoms with Gasteiger partial charge in [-0.2, -0.15) is 4.99 Å². The van der Waals surface area contributed by atoms with Crippen LogP contribution >= 0.6 is 22.7 Å². The van der Waals surface area contributed by atoms with Crippen molar-refractivity contribution >= 4 is 55.7 Å². The van der Waals surface area contributed by atoms with E-state index >= 15 is 0 Å². The molecule has 9 heteroatoms. The van der Waals surface area contributed by atoms with Crippen LogP contribution in [0, 0.1) is 0 Å². The van der Waals surface area contributed by atoms with Crippen molar-refractivity contribution in [2.45, 2.75) is 20.4 Å². The number of hydrogen-bond donors (Lipinski definition) is 0. The minimum Gasteiger partial charge on any atom is -0.492 e. The lowest BCUT2D eigenvalue weighted by molar-refractivity contribution is -0.143. The lowest BCUT2D eigenvalue weighted by Crippen LogP contribution is -2.23. The Hall–Kier alpha value is -3.82. The minimum atomic E-state index is -0.410. The van der Waals surface area contributed by atoms with E-state index in [2.05, 4.69) is 4.99 Å². The Bertz CT molecular complexity index is 1630. The van der Waals surface area contributed by atoms with Gasteiger partial charge in [0, 0.05) is 5.39 Å². The summed E-state index contributed by atoms with van der Waals surface area (Å²) in [6.07, 6.45) is 0. The summed E-state index contributed by atoms with van der Waals surface area (Å²) in [5.74, 6) is -0.195. The summed E-state index contributed by atoms with van der Waals surface area (Å²) in [4.78, 5) is 36.7. The van der Waals surface area contributed by atoms with Gasteiger partial charge in [-0.3, -0.25) is 9.59 Å². The van der Waals surface area contributed by atoms with Crippen molar-refractivity contribution in [1.82, 2.24) is 9.55 Å². The smallest absolute Gasteiger partial charge is 0.326 e. The first-order valence-electron chi connectivity index (χ1n) is 11.5. The topological polar surface area (TPSA) is 82.8 Å². The molecule has 0 saturated carbocycles. The van der Waals surface area contributed by atoms with Crippen molar-refractivity contribution in [3.8, 4) is 16.3 Å². The molecule has 0 spiro atoms. The average Bonchev–Trinajstić information content (AvgIpc) is 3.53. The lowest BCUT2D eigenvalue weighted by atomic mass is 10.1. The predicted octanol–water partition coefficient (Wildman–Crippen LogP) is 5.68. The molecule has 36 heavy (non-hydrogen) atoms. The van der Waals surface area contributed by atoms with E-state index in [0.29, 0.717) is 28.2 Å². The van der Waals surface area contributed by atoms with Gasteiger partial charge in [0.2, 0.25) is 0 Å². The Morgan fingerprint density at radius 1 is 1.03 bits per heavy atom. The summed E-state index contributed by atoms with van der Waals surface area (Å²) >= 11 is 2.89. The van der Waals surface area contributed by atoms with E-state index in [1.807, 2.05) is 66.9 Å². The van der Waals surface area contributed by atoms with E-state index in [1.54, 1.807) is 28.9 Å². The summed E-state index contributed by atoms with van der Waals surface area (Å²) in [7, 11) is 0. The molecule has 0 aliphatic heterocycles. The minimum absolute atomic E-state index is 0.0818. The van der Waals surface area contributed by atoms with Crippen LogP contribution in [0.15, 0.2) is 71.0 Å².